The Kier molecular flexibility index (Phi) is 6.08. The third kappa shape index (κ3) is 4.57. The number of benzene rings is 3. The van der Waals surface area contributed by atoms with Crippen LogP contribution in [0.25, 0.3) is 22.7 Å². The number of nitro benzene ring substituents is 1. The highest BCUT2D eigenvalue weighted by molar-refractivity contribution is 6.36. The Morgan fingerprint density at radius 2 is 1.94 bits per heavy atom. The second-order valence-electron chi connectivity index (χ2n) is 6.67. The van der Waals surface area contributed by atoms with Crippen molar-refractivity contribution in [2.24, 2.45) is 0 Å². The van der Waals surface area contributed by atoms with Gasteiger partial charge in [0.05, 0.1) is 9.95 Å². The van der Waals surface area contributed by atoms with Crippen molar-refractivity contribution in [3.63, 3.8) is 0 Å². The van der Waals surface area contributed by atoms with Crippen LogP contribution in [0.2, 0.25) is 10.0 Å². The Morgan fingerprint density at radius 1 is 1.19 bits per heavy atom. The number of nitro groups is 1. The van der Waals surface area contributed by atoms with Crippen LogP contribution in [0.15, 0.2) is 65.1 Å². The van der Waals surface area contributed by atoms with E-state index in [2.05, 4.69) is 11.1 Å². The molecule has 9 heteroatoms. The fraction of sp³-hybridized carbons (Fsp3) is 0.0435. The summed E-state index contributed by atoms with van der Waals surface area (Å²) in [7, 11) is 0. The smallest absolute Gasteiger partial charge is 0.269 e. The first kappa shape index (κ1) is 21.4. The lowest BCUT2D eigenvalue weighted by Gasteiger charge is -2.12. The minimum atomic E-state index is -0.473. The molecule has 0 N–H and O–H groups in total. The average molecular weight is 466 g/mol. The molecule has 0 unspecified atom stereocenters. The van der Waals surface area contributed by atoms with Crippen molar-refractivity contribution >= 4 is 51.6 Å². The molecule has 158 valence electrons. The number of oxazole rings is 1. The standard InChI is InChI=1S/C23H13Cl2N3O4/c24-17-10-15(9-16(12-26)23-27-20-3-1-2-4-21(20)32-23)22(19(25)11-17)31-13-14-5-7-18(8-6-14)28(29)30/h1-11H,13H2/b16-9+. The molecule has 1 aromatic heterocycles. The highest BCUT2D eigenvalue weighted by Gasteiger charge is 2.15. The first-order valence-corrected chi connectivity index (χ1v) is 10.0. The summed E-state index contributed by atoms with van der Waals surface area (Å²) in [5, 5.41) is 21.1. The van der Waals surface area contributed by atoms with Crippen molar-refractivity contribution in [2.75, 3.05) is 0 Å². The Hall–Kier alpha value is -3.86. The Labute approximate surface area is 192 Å². The zero-order valence-electron chi connectivity index (χ0n) is 16.3. The molecule has 0 aliphatic rings. The number of hydrogen-bond donors (Lipinski definition) is 0. The highest BCUT2D eigenvalue weighted by atomic mass is 35.5. The molecule has 3 aromatic carbocycles. The summed E-state index contributed by atoms with van der Waals surface area (Å²) in [5.41, 5.74) is 2.50. The average Bonchev–Trinajstić information content (AvgIpc) is 3.21. The molecular formula is C23H13Cl2N3O4. The number of aromatic nitrogens is 1. The highest BCUT2D eigenvalue weighted by Crippen LogP contribution is 2.36. The van der Waals surface area contributed by atoms with E-state index >= 15 is 0 Å². The number of non-ortho nitro benzene ring substituents is 1. The fourth-order valence-electron chi connectivity index (χ4n) is 2.99. The zero-order valence-corrected chi connectivity index (χ0v) is 17.8. The van der Waals surface area contributed by atoms with Crippen molar-refractivity contribution < 1.29 is 14.1 Å². The maximum absolute atomic E-state index is 10.8. The molecule has 32 heavy (non-hydrogen) atoms. The monoisotopic (exact) mass is 465 g/mol. The van der Waals surface area contributed by atoms with Gasteiger partial charge in [-0.05, 0) is 48.0 Å². The van der Waals surface area contributed by atoms with E-state index in [0.717, 1.165) is 0 Å². The van der Waals surface area contributed by atoms with E-state index < -0.39 is 4.92 Å². The predicted molar refractivity (Wildman–Crippen MR) is 121 cm³/mol. The van der Waals surface area contributed by atoms with Gasteiger partial charge < -0.3 is 9.15 Å². The van der Waals surface area contributed by atoms with Gasteiger partial charge in [-0.15, -0.1) is 0 Å². The van der Waals surface area contributed by atoms with E-state index in [-0.39, 0.29) is 28.8 Å². The number of para-hydroxylation sites is 2. The summed E-state index contributed by atoms with van der Waals surface area (Å²) in [6.07, 6.45) is 1.54. The molecule has 0 radical (unpaired) electrons. The number of halogens is 2. The molecule has 1 heterocycles. The molecule has 0 saturated carbocycles. The summed E-state index contributed by atoms with van der Waals surface area (Å²) in [6, 6.07) is 18.4. The van der Waals surface area contributed by atoms with Crippen LogP contribution >= 0.6 is 23.2 Å². The lowest BCUT2D eigenvalue weighted by atomic mass is 10.1. The molecule has 0 aliphatic heterocycles. The molecule has 4 aromatic rings. The molecule has 0 saturated heterocycles. The Balaban J connectivity index is 1.67. The normalized spacial score (nSPS) is 11.3. The van der Waals surface area contributed by atoms with E-state index in [4.69, 9.17) is 32.4 Å². The van der Waals surface area contributed by atoms with Gasteiger partial charge in [-0.1, -0.05) is 35.3 Å². The van der Waals surface area contributed by atoms with Crippen LogP contribution < -0.4 is 4.74 Å². The summed E-state index contributed by atoms with van der Waals surface area (Å²) in [5.74, 6) is 0.462. The first-order chi connectivity index (χ1) is 15.4. The van der Waals surface area contributed by atoms with E-state index in [1.165, 1.54) is 24.3 Å². The van der Waals surface area contributed by atoms with Crippen LogP contribution in [0.3, 0.4) is 0 Å². The van der Waals surface area contributed by atoms with Gasteiger partial charge in [0.1, 0.15) is 29.5 Å². The van der Waals surface area contributed by atoms with Crippen molar-refractivity contribution in [1.82, 2.24) is 4.98 Å². The number of fused-ring (bicyclic) bond motifs is 1. The second-order valence-corrected chi connectivity index (χ2v) is 7.52. The van der Waals surface area contributed by atoms with Gasteiger partial charge in [0.15, 0.2) is 5.58 Å². The fourth-order valence-corrected chi connectivity index (χ4v) is 3.56. The minimum absolute atomic E-state index is 0.0149. The van der Waals surface area contributed by atoms with Gasteiger partial charge in [-0.25, -0.2) is 4.98 Å². The molecule has 0 fully saturated rings. The summed E-state index contributed by atoms with van der Waals surface area (Å²) in [6.45, 7) is 0.102. The second kappa shape index (κ2) is 9.10. The van der Waals surface area contributed by atoms with Crippen molar-refractivity contribution in [1.29, 1.82) is 5.26 Å². The number of allylic oxidation sites excluding steroid dienone is 1. The largest absolute Gasteiger partial charge is 0.487 e. The van der Waals surface area contributed by atoms with Gasteiger partial charge >= 0.3 is 0 Å². The van der Waals surface area contributed by atoms with Crippen LogP contribution in [0.5, 0.6) is 5.75 Å². The minimum Gasteiger partial charge on any atom is -0.487 e. The third-order valence-corrected chi connectivity index (χ3v) is 5.01. The predicted octanol–water partition coefficient (Wildman–Crippen LogP) is 6.69. The van der Waals surface area contributed by atoms with Crippen molar-refractivity contribution in [3.8, 4) is 11.8 Å². The van der Waals surface area contributed by atoms with Gasteiger partial charge in [0.25, 0.3) is 5.69 Å². The van der Waals surface area contributed by atoms with Crippen LogP contribution in [-0.2, 0) is 6.61 Å². The Morgan fingerprint density at radius 3 is 2.62 bits per heavy atom. The molecule has 7 nitrogen and oxygen atoms in total. The number of nitriles is 1. The lowest BCUT2D eigenvalue weighted by molar-refractivity contribution is -0.384. The van der Waals surface area contributed by atoms with Gasteiger partial charge in [-0.3, -0.25) is 10.1 Å². The van der Waals surface area contributed by atoms with E-state index in [9.17, 15) is 15.4 Å². The molecule has 0 spiro atoms. The number of ether oxygens (including phenoxy) is 1. The van der Waals surface area contributed by atoms with Crippen molar-refractivity contribution in [3.05, 3.63) is 97.8 Å². The SMILES string of the molecule is N#C/C(=C\c1cc(Cl)cc(Cl)c1OCc1ccc([N+](=O)[O-])cc1)c1nc2ccccc2o1. The maximum atomic E-state index is 10.8. The molecule has 0 aliphatic carbocycles. The van der Waals surface area contributed by atoms with Gasteiger partial charge in [0.2, 0.25) is 5.89 Å². The molecule has 4 rings (SSSR count). The Bertz CT molecular complexity index is 1360. The van der Waals surface area contributed by atoms with E-state index in [1.807, 2.05) is 12.1 Å². The first-order valence-electron chi connectivity index (χ1n) is 9.27. The third-order valence-electron chi connectivity index (χ3n) is 4.51. The van der Waals surface area contributed by atoms with Gasteiger partial charge in [0, 0.05) is 22.7 Å². The molecule has 0 bridgehead atoms. The summed E-state index contributed by atoms with van der Waals surface area (Å²) >= 11 is 12.5. The van der Waals surface area contributed by atoms with Crippen LogP contribution in [0, 0.1) is 21.4 Å². The number of nitrogens with zero attached hydrogens (tertiary/aromatic N) is 3. The summed E-state index contributed by atoms with van der Waals surface area (Å²) in [4.78, 5) is 14.7. The summed E-state index contributed by atoms with van der Waals surface area (Å²) < 4.78 is 11.6. The number of rotatable bonds is 6. The van der Waals surface area contributed by atoms with Crippen molar-refractivity contribution in [2.45, 2.75) is 6.61 Å². The molecular weight excluding hydrogens is 453 g/mol. The van der Waals surface area contributed by atoms with Crippen LogP contribution in [0.1, 0.15) is 17.0 Å². The zero-order chi connectivity index (χ0) is 22.7. The van der Waals surface area contributed by atoms with Crippen LogP contribution in [0.4, 0.5) is 5.69 Å². The number of hydrogen-bond acceptors (Lipinski definition) is 6. The van der Waals surface area contributed by atoms with Crippen LogP contribution in [-0.4, -0.2) is 9.91 Å². The van der Waals surface area contributed by atoms with Gasteiger partial charge in [-0.2, -0.15) is 5.26 Å². The quantitative estimate of drug-likeness (QED) is 0.178. The topological polar surface area (TPSA) is 102 Å². The molecule has 0 atom stereocenters. The van der Waals surface area contributed by atoms with E-state index in [0.29, 0.717) is 33.0 Å². The van der Waals surface area contributed by atoms with E-state index in [1.54, 1.807) is 30.3 Å². The lowest BCUT2D eigenvalue weighted by Crippen LogP contribution is -1.99. The maximum Gasteiger partial charge on any atom is 0.269 e. The molecule has 0 amide bonds.